The van der Waals surface area contributed by atoms with E-state index in [1.807, 2.05) is 0 Å². The first kappa shape index (κ1) is 8.75. The quantitative estimate of drug-likeness (QED) is 0.510. The lowest BCUT2D eigenvalue weighted by Crippen LogP contribution is -2.26. The summed E-state index contributed by atoms with van der Waals surface area (Å²) in [6.07, 6.45) is 0. The van der Waals surface area contributed by atoms with Gasteiger partial charge in [0.1, 0.15) is 13.5 Å². The molecule has 2 N–H and O–H groups in total. The maximum absolute atomic E-state index is 11.0. The van der Waals surface area contributed by atoms with Crippen molar-refractivity contribution in [3.05, 3.63) is 21.0 Å². The number of hydrogen-bond acceptors (Lipinski definition) is 4. The molecule has 0 unspecified atom stereocenters. The molecule has 0 amide bonds. The van der Waals surface area contributed by atoms with Gasteiger partial charge in [-0.25, -0.2) is 23.5 Å². The van der Waals surface area contributed by atoms with Crippen LogP contribution in [0.25, 0.3) is 0 Å². The van der Waals surface area contributed by atoms with Gasteiger partial charge in [0.15, 0.2) is 0 Å². The molecule has 0 radical (unpaired) electrons. The van der Waals surface area contributed by atoms with Gasteiger partial charge < -0.3 is 10.2 Å². The van der Waals surface area contributed by atoms with Gasteiger partial charge in [-0.2, -0.15) is 0 Å². The van der Waals surface area contributed by atoms with Crippen LogP contribution in [-0.2, 0) is 20.5 Å². The average molecular weight is 175 g/mol. The summed E-state index contributed by atoms with van der Waals surface area (Å²) < 4.78 is 2.27. The normalized spacial score (nSPS) is 10.6. The molecule has 0 aliphatic carbocycles. The largest absolute Gasteiger partial charge is 0.374 e. The number of aliphatic hydroxyl groups is 2. The van der Waals surface area contributed by atoms with Crippen LogP contribution < -0.4 is 11.4 Å². The van der Waals surface area contributed by atoms with Crippen molar-refractivity contribution >= 4 is 0 Å². The van der Waals surface area contributed by atoms with Gasteiger partial charge in [0.05, 0.1) is 0 Å². The summed E-state index contributed by atoms with van der Waals surface area (Å²) in [6, 6.07) is 0. The minimum Gasteiger partial charge on any atom is -0.374 e. The Hall–Kier alpha value is -1.34. The summed E-state index contributed by atoms with van der Waals surface area (Å²) in [4.78, 5) is 22.1. The molecule has 0 fully saturated rings. The van der Waals surface area contributed by atoms with E-state index in [4.69, 9.17) is 10.2 Å². The van der Waals surface area contributed by atoms with Crippen molar-refractivity contribution in [3.8, 4) is 0 Å². The summed E-state index contributed by atoms with van der Waals surface area (Å²) in [5.41, 5.74) is -1.31. The second-order valence-corrected chi connectivity index (χ2v) is 2.21. The molecule has 1 rings (SSSR count). The fourth-order valence-electron chi connectivity index (χ4n) is 0.908. The van der Waals surface area contributed by atoms with Gasteiger partial charge in [-0.1, -0.05) is 0 Å². The summed E-state index contributed by atoms with van der Waals surface area (Å²) in [5.74, 6) is 0. The number of hydrogen-bond donors (Lipinski definition) is 2. The Labute approximate surface area is 66.7 Å². The van der Waals surface area contributed by atoms with E-state index in [1.165, 1.54) is 7.05 Å². The van der Waals surface area contributed by atoms with Crippen molar-refractivity contribution in [2.24, 2.45) is 7.05 Å². The first-order valence-electron chi connectivity index (χ1n) is 3.21. The second kappa shape index (κ2) is 2.95. The molecule has 0 saturated heterocycles. The molecule has 68 valence electrons. The first-order valence-corrected chi connectivity index (χ1v) is 3.21. The summed E-state index contributed by atoms with van der Waals surface area (Å²) in [7, 11) is 1.27. The minimum absolute atomic E-state index is 0.629. The number of aliphatic hydroxyl groups excluding tert-OH is 2. The molecule has 0 saturated carbocycles. The molecular weight excluding hydrogens is 166 g/mol. The maximum Gasteiger partial charge on any atom is 0.349 e. The van der Waals surface area contributed by atoms with E-state index >= 15 is 0 Å². The highest BCUT2D eigenvalue weighted by Gasteiger charge is 2.10. The van der Waals surface area contributed by atoms with Gasteiger partial charge in [-0.05, 0) is 0 Å². The van der Waals surface area contributed by atoms with Crippen molar-refractivity contribution in [1.82, 2.24) is 13.9 Å². The molecule has 0 aromatic carbocycles. The molecule has 0 spiro atoms. The van der Waals surface area contributed by atoms with E-state index in [0.717, 1.165) is 13.9 Å². The zero-order chi connectivity index (χ0) is 9.30. The van der Waals surface area contributed by atoms with Crippen LogP contribution in [-0.4, -0.2) is 24.1 Å². The van der Waals surface area contributed by atoms with E-state index in [0.29, 0.717) is 0 Å². The summed E-state index contributed by atoms with van der Waals surface area (Å²) in [6.45, 7) is -1.26. The number of nitrogens with zero attached hydrogens (tertiary/aromatic N) is 3. The highest BCUT2D eigenvalue weighted by molar-refractivity contribution is 4.69. The third kappa shape index (κ3) is 0.990. The van der Waals surface area contributed by atoms with Crippen LogP contribution in [0.1, 0.15) is 0 Å². The smallest absolute Gasteiger partial charge is 0.349 e. The van der Waals surface area contributed by atoms with E-state index in [2.05, 4.69) is 0 Å². The van der Waals surface area contributed by atoms with Gasteiger partial charge >= 0.3 is 11.4 Å². The maximum atomic E-state index is 11.0. The predicted octanol–water partition coefficient (Wildman–Crippen LogP) is -2.75. The van der Waals surface area contributed by atoms with Gasteiger partial charge in [-0.15, -0.1) is 0 Å². The lowest BCUT2D eigenvalue weighted by Gasteiger charge is -2.00. The molecule has 0 aliphatic heterocycles. The molecule has 1 aromatic rings. The van der Waals surface area contributed by atoms with Gasteiger partial charge in [0, 0.05) is 7.05 Å². The fourth-order valence-corrected chi connectivity index (χ4v) is 0.908. The molecule has 0 aliphatic rings. The molecule has 1 aromatic heterocycles. The van der Waals surface area contributed by atoms with E-state index in [9.17, 15) is 9.59 Å². The highest BCUT2D eigenvalue weighted by Crippen LogP contribution is 1.75. The van der Waals surface area contributed by atoms with Crippen LogP contribution >= 0.6 is 0 Å². The van der Waals surface area contributed by atoms with Crippen molar-refractivity contribution in [2.75, 3.05) is 0 Å². The Morgan fingerprint density at radius 1 is 1.08 bits per heavy atom. The highest BCUT2D eigenvalue weighted by atomic mass is 16.3. The Bertz CT molecular complexity index is 349. The minimum atomic E-state index is -0.656. The molecule has 12 heavy (non-hydrogen) atoms. The lowest BCUT2D eigenvalue weighted by atomic mass is 11.0. The Kier molecular flexibility index (Phi) is 2.15. The topological polar surface area (TPSA) is 89.4 Å². The number of aromatic nitrogens is 3. The van der Waals surface area contributed by atoms with Crippen LogP contribution in [0.15, 0.2) is 9.59 Å². The zero-order valence-corrected chi connectivity index (χ0v) is 6.47. The lowest BCUT2D eigenvalue weighted by molar-refractivity contribution is 0.115. The molecular formula is C5H9N3O4. The van der Waals surface area contributed by atoms with Crippen LogP contribution in [0.3, 0.4) is 0 Å². The SMILES string of the molecule is Cn1c(=O)n(CO)n(CO)c1=O. The third-order valence-electron chi connectivity index (χ3n) is 1.57. The second-order valence-electron chi connectivity index (χ2n) is 2.21. The van der Waals surface area contributed by atoms with Gasteiger partial charge in [0.25, 0.3) is 0 Å². The molecule has 7 nitrogen and oxygen atoms in total. The van der Waals surface area contributed by atoms with Crippen LogP contribution in [0.4, 0.5) is 0 Å². The van der Waals surface area contributed by atoms with Crippen LogP contribution in [0.2, 0.25) is 0 Å². The van der Waals surface area contributed by atoms with E-state index in [-0.39, 0.29) is 0 Å². The third-order valence-corrected chi connectivity index (χ3v) is 1.57. The molecule has 0 atom stereocenters. The first-order chi connectivity index (χ1) is 5.63. The Morgan fingerprint density at radius 3 is 1.67 bits per heavy atom. The van der Waals surface area contributed by atoms with Crippen molar-refractivity contribution in [2.45, 2.75) is 13.5 Å². The summed E-state index contributed by atoms with van der Waals surface area (Å²) in [5, 5.41) is 17.3. The van der Waals surface area contributed by atoms with Crippen molar-refractivity contribution in [3.63, 3.8) is 0 Å². The standard InChI is InChI=1S/C5H9N3O4/c1-6-4(11)7(2-9)8(3-10)5(6)12/h9-10H,2-3H2,1H3. The molecule has 7 heteroatoms. The molecule has 0 bridgehead atoms. The molecule has 1 heterocycles. The Morgan fingerprint density at radius 2 is 1.42 bits per heavy atom. The zero-order valence-electron chi connectivity index (χ0n) is 6.47. The van der Waals surface area contributed by atoms with E-state index in [1.54, 1.807) is 0 Å². The van der Waals surface area contributed by atoms with Crippen molar-refractivity contribution < 1.29 is 10.2 Å². The van der Waals surface area contributed by atoms with Gasteiger partial charge in [0.2, 0.25) is 0 Å². The Balaban J connectivity index is 3.56. The summed E-state index contributed by atoms with van der Waals surface area (Å²) >= 11 is 0. The van der Waals surface area contributed by atoms with E-state index < -0.39 is 24.8 Å². The fraction of sp³-hybridized carbons (Fsp3) is 0.600. The number of rotatable bonds is 2. The van der Waals surface area contributed by atoms with Crippen LogP contribution in [0, 0.1) is 0 Å². The van der Waals surface area contributed by atoms with Crippen molar-refractivity contribution in [1.29, 1.82) is 0 Å². The predicted molar refractivity (Wildman–Crippen MR) is 38.4 cm³/mol. The van der Waals surface area contributed by atoms with Crippen LogP contribution in [0.5, 0.6) is 0 Å². The van der Waals surface area contributed by atoms with Gasteiger partial charge in [-0.3, -0.25) is 0 Å². The monoisotopic (exact) mass is 175 g/mol. The average Bonchev–Trinajstić information content (AvgIpc) is 2.29.